The van der Waals surface area contributed by atoms with Gasteiger partial charge in [-0.1, -0.05) is 19.9 Å². The number of benzene rings is 1. The first kappa shape index (κ1) is 23.2. The molecule has 0 bridgehead atoms. The lowest BCUT2D eigenvalue weighted by Crippen LogP contribution is -2.51. The van der Waals surface area contributed by atoms with Gasteiger partial charge in [-0.25, -0.2) is 0 Å². The summed E-state index contributed by atoms with van der Waals surface area (Å²) < 4.78 is 0. The van der Waals surface area contributed by atoms with E-state index in [0.717, 1.165) is 0 Å². The minimum atomic E-state index is -0.814. The molecule has 1 aromatic carbocycles. The van der Waals surface area contributed by atoms with E-state index in [9.17, 15) is 19.2 Å². The van der Waals surface area contributed by atoms with Gasteiger partial charge in [0.15, 0.2) is 5.78 Å². The van der Waals surface area contributed by atoms with Crippen LogP contribution in [0.4, 0.5) is 5.69 Å². The fraction of sp³-hybridized carbons (Fsp3) is 0.320. The highest BCUT2D eigenvalue weighted by Gasteiger charge is 2.50. The Bertz CT molecular complexity index is 1130. The Labute approximate surface area is 197 Å². The quantitative estimate of drug-likeness (QED) is 0.630. The van der Waals surface area contributed by atoms with Gasteiger partial charge < -0.3 is 20.9 Å². The number of nitrogens with zero attached hydrogens (tertiary/aromatic N) is 3. The van der Waals surface area contributed by atoms with E-state index >= 15 is 0 Å². The van der Waals surface area contributed by atoms with E-state index in [4.69, 9.17) is 5.73 Å². The summed E-state index contributed by atoms with van der Waals surface area (Å²) in [7, 11) is 0. The van der Waals surface area contributed by atoms with Crippen molar-refractivity contribution in [3.05, 3.63) is 72.2 Å². The maximum Gasteiger partial charge on any atom is 0.277 e. The van der Waals surface area contributed by atoms with Gasteiger partial charge in [-0.2, -0.15) is 0 Å². The highest BCUT2D eigenvalue weighted by Crippen LogP contribution is 2.29. The highest BCUT2D eigenvalue weighted by molar-refractivity contribution is 6.03. The van der Waals surface area contributed by atoms with E-state index in [-0.39, 0.29) is 29.8 Å². The van der Waals surface area contributed by atoms with Crippen LogP contribution in [0, 0.1) is 5.92 Å². The normalized spacial score (nSPS) is 19.9. The zero-order valence-electron chi connectivity index (χ0n) is 19.0. The third kappa shape index (κ3) is 4.54. The molecule has 4 rings (SSSR count). The topological polar surface area (TPSA) is 126 Å². The van der Waals surface area contributed by atoms with Gasteiger partial charge in [-0.3, -0.25) is 24.2 Å². The van der Waals surface area contributed by atoms with Gasteiger partial charge in [-0.15, -0.1) is 0 Å². The number of hydrogen-bond donors (Lipinski definition) is 2. The maximum absolute atomic E-state index is 13.5. The first-order valence-electron chi connectivity index (χ1n) is 11.2. The van der Waals surface area contributed by atoms with Crippen LogP contribution < -0.4 is 11.1 Å². The lowest BCUT2D eigenvalue weighted by Gasteiger charge is -2.29. The molecule has 0 spiro atoms. The molecule has 0 aliphatic carbocycles. The largest absolute Gasteiger partial charge is 0.399 e. The Morgan fingerprint density at radius 2 is 1.88 bits per heavy atom. The molecule has 0 radical (unpaired) electrons. The number of hydrogen-bond acceptors (Lipinski definition) is 6. The van der Waals surface area contributed by atoms with Gasteiger partial charge >= 0.3 is 0 Å². The second kappa shape index (κ2) is 9.46. The number of amides is 3. The molecule has 0 saturated carbocycles. The van der Waals surface area contributed by atoms with E-state index in [1.807, 2.05) is 13.8 Å². The van der Waals surface area contributed by atoms with Crippen molar-refractivity contribution in [3.8, 4) is 0 Å². The summed E-state index contributed by atoms with van der Waals surface area (Å²) in [6.45, 7) is 3.78. The number of carbonyl (C=O) groups excluding carboxylic acids is 4. The molecule has 2 aliphatic rings. The molecule has 1 fully saturated rings. The number of nitrogens with one attached hydrogen (secondary N) is 1. The first-order chi connectivity index (χ1) is 16.3. The molecule has 9 nitrogen and oxygen atoms in total. The minimum absolute atomic E-state index is 0.121. The van der Waals surface area contributed by atoms with Crippen LogP contribution in [0.3, 0.4) is 0 Å². The van der Waals surface area contributed by atoms with Crippen LogP contribution in [0.25, 0.3) is 0 Å². The van der Waals surface area contributed by atoms with Crippen LogP contribution in [0.2, 0.25) is 0 Å². The van der Waals surface area contributed by atoms with Gasteiger partial charge in [0.25, 0.3) is 11.8 Å². The molecule has 1 saturated heterocycles. The number of fused-ring (bicyclic) bond motifs is 1. The number of Topliss-reactive ketones (excluding diaryl/α,β-unsaturated/α-hetero) is 1. The van der Waals surface area contributed by atoms with Crippen molar-refractivity contribution >= 4 is 29.2 Å². The van der Waals surface area contributed by atoms with Crippen molar-refractivity contribution < 1.29 is 19.2 Å². The molecule has 176 valence electrons. The molecule has 2 aromatic rings. The number of nitrogen functional groups attached to an aromatic ring is 1. The zero-order valence-corrected chi connectivity index (χ0v) is 19.0. The van der Waals surface area contributed by atoms with Crippen LogP contribution in [0.15, 0.2) is 60.9 Å². The summed E-state index contributed by atoms with van der Waals surface area (Å²) >= 11 is 0. The molecule has 3 N–H and O–H groups in total. The second-order valence-electron chi connectivity index (χ2n) is 8.91. The zero-order chi connectivity index (χ0) is 24.4. The predicted octanol–water partition coefficient (Wildman–Crippen LogP) is 1.63. The fourth-order valence-corrected chi connectivity index (χ4v) is 4.34. The number of pyridine rings is 1. The lowest BCUT2D eigenvalue weighted by molar-refractivity contribution is -0.134. The van der Waals surface area contributed by atoms with E-state index < -0.39 is 29.9 Å². The molecule has 3 amide bonds. The Morgan fingerprint density at radius 1 is 1.15 bits per heavy atom. The van der Waals surface area contributed by atoms with Crippen LogP contribution in [-0.4, -0.2) is 63.0 Å². The number of rotatable bonds is 6. The summed E-state index contributed by atoms with van der Waals surface area (Å²) in [6.07, 6.45) is 5.13. The van der Waals surface area contributed by atoms with Crippen molar-refractivity contribution in [2.24, 2.45) is 5.92 Å². The molecule has 1 aromatic heterocycles. The predicted molar refractivity (Wildman–Crippen MR) is 125 cm³/mol. The Morgan fingerprint density at radius 3 is 2.53 bits per heavy atom. The van der Waals surface area contributed by atoms with E-state index in [0.29, 0.717) is 17.7 Å². The summed E-state index contributed by atoms with van der Waals surface area (Å²) in [4.78, 5) is 59.0. The third-order valence-electron chi connectivity index (χ3n) is 5.97. The summed E-state index contributed by atoms with van der Waals surface area (Å²) in [6, 6.07) is 9.21. The SMILES string of the molecule is CC(C)CC(NC(=O)c1ccc(N)cc1)C(=O)N1CC(=O)C2C1C=CN2C(=O)c1ccccn1. The number of nitrogens with two attached hydrogens (primary N) is 1. The first-order valence-corrected chi connectivity index (χ1v) is 11.2. The van der Waals surface area contributed by atoms with Crippen LogP contribution >= 0.6 is 0 Å². The Hall–Kier alpha value is -4.01. The van der Waals surface area contributed by atoms with Gasteiger partial charge in [0.05, 0.1) is 12.6 Å². The summed E-state index contributed by atoms with van der Waals surface area (Å²) in [5.41, 5.74) is 6.84. The summed E-state index contributed by atoms with van der Waals surface area (Å²) in [5, 5.41) is 2.82. The summed E-state index contributed by atoms with van der Waals surface area (Å²) in [5.74, 6) is -1.26. The standard InChI is InChI=1S/C25H27N5O4/c1-15(2)13-19(28-23(32)16-6-8-17(26)9-7-16)25(34)30-14-21(31)22-20(30)10-12-29(22)24(33)18-5-3-4-11-27-18/h3-12,15,19-20,22H,13-14,26H2,1-2H3,(H,28,32). The molecule has 2 aliphatic heterocycles. The van der Waals surface area contributed by atoms with Crippen molar-refractivity contribution in [2.45, 2.75) is 38.4 Å². The Kier molecular flexibility index (Phi) is 6.45. The average molecular weight is 462 g/mol. The fourth-order valence-electron chi connectivity index (χ4n) is 4.34. The van der Waals surface area contributed by atoms with Crippen molar-refractivity contribution in [1.82, 2.24) is 20.1 Å². The lowest BCUT2D eigenvalue weighted by atomic mass is 10.0. The van der Waals surface area contributed by atoms with Gasteiger partial charge in [0.2, 0.25) is 5.91 Å². The molecule has 3 heterocycles. The van der Waals surface area contributed by atoms with Crippen molar-refractivity contribution in [1.29, 1.82) is 0 Å². The van der Waals surface area contributed by atoms with Gasteiger partial charge in [-0.05, 0) is 54.8 Å². The Balaban J connectivity index is 1.52. The monoisotopic (exact) mass is 461 g/mol. The number of anilines is 1. The minimum Gasteiger partial charge on any atom is -0.399 e. The molecular weight excluding hydrogens is 434 g/mol. The molecule has 34 heavy (non-hydrogen) atoms. The van der Waals surface area contributed by atoms with Gasteiger partial charge in [0, 0.05) is 23.6 Å². The number of likely N-dealkylation sites (tertiary alicyclic amines) is 1. The number of aromatic nitrogens is 1. The molecule has 3 unspecified atom stereocenters. The van der Waals surface area contributed by atoms with Gasteiger partial charge in [0.1, 0.15) is 17.8 Å². The number of ketones is 1. The average Bonchev–Trinajstić information content (AvgIpc) is 3.39. The van der Waals surface area contributed by atoms with Crippen molar-refractivity contribution in [2.75, 3.05) is 12.3 Å². The van der Waals surface area contributed by atoms with E-state index in [1.54, 1.807) is 48.5 Å². The van der Waals surface area contributed by atoms with Crippen LogP contribution in [-0.2, 0) is 9.59 Å². The second-order valence-corrected chi connectivity index (χ2v) is 8.91. The maximum atomic E-state index is 13.5. The molecule has 3 atom stereocenters. The van der Waals surface area contributed by atoms with Crippen LogP contribution in [0.1, 0.15) is 41.1 Å². The van der Waals surface area contributed by atoms with E-state index in [1.165, 1.54) is 22.2 Å². The molecule has 9 heteroatoms. The molecular formula is C25H27N5O4. The highest BCUT2D eigenvalue weighted by atomic mass is 16.2. The smallest absolute Gasteiger partial charge is 0.277 e. The third-order valence-corrected chi connectivity index (χ3v) is 5.97. The van der Waals surface area contributed by atoms with Crippen LogP contribution in [0.5, 0.6) is 0 Å². The van der Waals surface area contributed by atoms with Crippen molar-refractivity contribution in [3.63, 3.8) is 0 Å². The van der Waals surface area contributed by atoms with E-state index in [2.05, 4.69) is 10.3 Å². The number of carbonyl (C=O) groups is 4.